The zero-order valence-corrected chi connectivity index (χ0v) is 15.9. The van der Waals surface area contributed by atoms with Crippen molar-refractivity contribution in [2.24, 2.45) is 5.92 Å². The molecule has 0 bridgehead atoms. The highest BCUT2D eigenvalue weighted by Crippen LogP contribution is 2.17. The molecule has 1 aromatic rings. The summed E-state index contributed by atoms with van der Waals surface area (Å²) >= 11 is 5.82. The molecule has 0 saturated carbocycles. The zero-order chi connectivity index (χ0) is 19.1. The van der Waals surface area contributed by atoms with Crippen molar-refractivity contribution in [3.05, 3.63) is 40.9 Å². The summed E-state index contributed by atoms with van der Waals surface area (Å²) in [4.78, 5) is 20.8. The second-order valence-corrected chi connectivity index (χ2v) is 5.22. The van der Waals surface area contributed by atoms with E-state index >= 15 is 0 Å². The number of alkyl halides is 1. The minimum atomic E-state index is -1.06. The lowest BCUT2D eigenvalue weighted by Crippen LogP contribution is -2.18. The van der Waals surface area contributed by atoms with E-state index in [0.717, 1.165) is 5.02 Å². The predicted octanol–water partition coefficient (Wildman–Crippen LogP) is 5.82. The Labute approximate surface area is 149 Å². The molecule has 1 rings (SSSR count). The maximum atomic E-state index is 11.7. The Morgan fingerprint density at radius 1 is 1.33 bits per heavy atom. The Hall–Kier alpha value is -1.68. The van der Waals surface area contributed by atoms with E-state index in [1.165, 1.54) is 11.1 Å². The molecule has 1 atom stereocenters. The maximum absolute atomic E-state index is 11.7. The number of hydrogen-bond acceptors (Lipinski definition) is 2. The van der Waals surface area contributed by atoms with E-state index in [4.69, 9.17) is 16.7 Å². The molecule has 3 nitrogen and oxygen atoms in total. The second-order valence-electron chi connectivity index (χ2n) is 4.79. The van der Waals surface area contributed by atoms with Crippen molar-refractivity contribution in [3.63, 3.8) is 0 Å². The first-order valence-corrected chi connectivity index (χ1v) is 8.42. The SMILES string of the molecule is C/C=C(/C)c1cccc(Cl)c1.CC.CCC(CC(=O)O)C(=O)CF. The third-order valence-electron chi connectivity index (χ3n) is 3.21. The molecule has 0 fully saturated rings. The molecule has 0 amide bonds. The van der Waals surface area contributed by atoms with Crippen LogP contribution in [-0.2, 0) is 9.59 Å². The first-order chi connectivity index (χ1) is 11.3. The van der Waals surface area contributed by atoms with Gasteiger partial charge in [0.15, 0.2) is 5.78 Å². The van der Waals surface area contributed by atoms with Crippen molar-refractivity contribution in [1.29, 1.82) is 0 Å². The van der Waals surface area contributed by atoms with Gasteiger partial charge in [0, 0.05) is 10.9 Å². The molecule has 1 unspecified atom stereocenters. The molecule has 0 aromatic heterocycles. The fraction of sp³-hybridized carbons (Fsp3) is 0.474. The first-order valence-electron chi connectivity index (χ1n) is 8.04. The summed E-state index contributed by atoms with van der Waals surface area (Å²) < 4.78 is 11.7. The number of rotatable bonds is 6. The molecule has 0 radical (unpaired) electrons. The predicted molar refractivity (Wildman–Crippen MR) is 99.1 cm³/mol. The third kappa shape index (κ3) is 10.9. The number of carbonyl (C=O) groups excluding carboxylic acids is 1. The minimum absolute atomic E-state index is 0.265. The van der Waals surface area contributed by atoms with Crippen LogP contribution < -0.4 is 0 Å². The fourth-order valence-electron chi connectivity index (χ4n) is 1.71. The molecule has 0 aliphatic heterocycles. The van der Waals surface area contributed by atoms with Gasteiger partial charge in [-0.15, -0.1) is 0 Å². The molecule has 5 heteroatoms. The largest absolute Gasteiger partial charge is 0.481 e. The summed E-state index contributed by atoms with van der Waals surface area (Å²) in [5, 5.41) is 9.08. The first kappa shape index (κ1) is 24.6. The van der Waals surface area contributed by atoms with Gasteiger partial charge in [0.25, 0.3) is 0 Å². The lowest BCUT2D eigenvalue weighted by Gasteiger charge is -2.06. The molecule has 1 aromatic carbocycles. The zero-order valence-electron chi connectivity index (χ0n) is 15.1. The van der Waals surface area contributed by atoms with Crippen molar-refractivity contribution in [3.8, 4) is 0 Å². The minimum Gasteiger partial charge on any atom is -0.481 e. The number of Topliss-reactive ketones (excluding diaryl/α,β-unsaturated/α-hetero) is 1. The van der Waals surface area contributed by atoms with E-state index in [9.17, 15) is 14.0 Å². The molecule has 0 saturated heterocycles. The van der Waals surface area contributed by atoms with Gasteiger partial charge in [-0.1, -0.05) is 50.6 Å². The molecule has 136 valence electrons. The Bertz CT molecular complexity index is 527. The Kier molecular flexibility index (Phi) is 15.2. The van der Waals surface area contributed by atoms with Crippen LogP contribution in [0.15, 0.2) is 30.3 Å². The average molecular weight is 359 g/mol. The number of carbonyl (C=O) groups is 2. The lowest BCUT2D eigenvalue weighted by atomic mass is 9.98. The van der Waals surface area contributed by atoms with Crippen LogP contribution in [0.4, 0.5) is 4.39 Å². The van der Waals surface area contributed by atoms with Gasteiger partial charge in [-0.25, -0.2) is 4.39 Å². The molecule has 0 aliphatic rings. The van der Waals surface area contributed by atoms with Gasteiger partial charge in [-0.05, 0) is 43.5 Å². The maximum Gasteiger partial charge on any atom is 0.304 e. The van der Waals surface area contributed by atoms with Gasteiger partial charge in [-0.2, -0.15) is 0 Å². The highest BCUT2D eigenvalue weighted by molar-refractivity contribution is 6.30. The van der Waals surface area contributed by atoms with Crippen LogP contribution in [0.1, 0.15) is 53.0 Å². The highest BCUT2D eigenvalue weighted by Gasteiger charge is 2.18. The van der Waals surface area contributed by atoms with Crippen LogP contribution in [0.3, 0.4) is 0 Å². The topological polar surface area (TPSA) is 54.4 Å². The number of carboxylic acids is 1. The fourth-order valence-corrected chi connectivity index (χ4v) is 1.90. The number of ketones is 1. The van der Waals surface area contributed by atoms with Crippen LogP contribution in [0, 0.1) is 5.92 Å². The summed E-state index contributed by atoms with van der Waals surface area (Å²) in [6.07, 6.45) is 2.19. The molecule has 0 spiro atoms. The monoisotopic (exact) mass is 358 g/mol. The Balaban J connectivity index is 0. The number of benzene rings is 1. The van der Waals surface area contributed by atoms with E-state index in [-0.39, 0.29) is 6.42 Å². The average Bonchev–Trinajstić information content (AvgIpc) is 2.60. The molecule has 0 aliphatic carbocycles. The van der Waals surface area contributed by atoms with E-state index in [0.29, 0.717) is 6.42 Å². The smallest absolute Gasteiger partial charge is 0.304 e. The number of aliphatic carboxylic acids is 1. The van der Waals surface area contributed by atoms with Crippen molar-refractivity contribution >= 4 is 28.9 Å². The van der Waals surface area contributed by atoms with Crippen LogP contribution >= 0.6 is 11.6 Å². The summed E-state index contributed by atoms with van der Waals surface area (Å²) in [5.74, 6) is -2.33. The number of allylic oxidation sites excluding steroid dienone is 2. The number of carboxylic acid groups (broad SMARTS) is 1. The molecular formula is C19H28ClFO3. The van der Waals surface area contributed by atoms with Gasteiger partial charge in [0.1, 0.15) is 6.67 Å². The van der Waals surface area contributed by atoms with Gasteiger partial charge in [-0.3, -0.25) is 9.59 Å². The van der Waals surface area contributed by atoms with Crippen molar-refractivity contribution in [2.45, 2.75) is 47.5 Å². The van der Waals surface area contributed by atoms with Gasteiger partial charge in [0.05, 0.1) is 6.42 Å². The second kappa shape index (κ2) is 14.9. The van der Waals surface area contributed by atoms with Crippen molar-refractivity contribution in [1.82, 2.24) is 0 Å². The molecule has 0 heterocycles. The van der Waals surface area contributed by atoms with Crippen LogP contribution in [-0.4, -0.2) is 23.5 Å². The van der Waals surface area contributed by atoms with Crippen LogP contribution in [0.5, 0.6) is 0 Å². The van der Waals surface area contributed by atoms with Gasteiger partial charge < -0.3 is 5.11 Å². The molecule has 24 heavy (non-hydrogen) atoms. The summed E-state index contributed by atoms with van der Waals surface area (Å²) in [5.41, 5.74) is 2.45. The normalized spacial score (nSPS) is 11.4. The van der Waals surface area contributed by atoms with E-state index < -0.39 is 24.3 Å². The third-order valence-corrected chi connectivity index (χ3v) is 3.45. The number of hydrogen-bond donors (Lipinski definition) is 1. The van der Waals surface area contributed by atoms with E-state index in [1.54, 1.807) is 6.92 Å². The summed E-state index contributed by atoms with van der Waals surface area (Å²) in [6.45, 7) is 8.70. The Morgan fingerprint density at radius 2 is 1.92 bits per heavy atom. The van der Waals surface area contributed by atoms with Crippen molar-refractivity contribution < 1.29 is 19.1 Å². The van der Waals surface area contributed by atoms with E-state index in [1.807, 2.05) is 39.0 Å². The molecule has 1 N–H and O–H groups in total. The lowest BCUT2D eigenvalue weighted by molar-refractivity contribution is -0.140. The van der Waals surface area contributed by atoms with Gasteiger partial charge in [0.2, 0.25) is 0 Å². The standard InChI is InChI=1S/C10H11Cl.C7H11FO3.C2H6/c1-3-8(2)9-5-4-6-10(11)7-9;1-2-5(3-7(10)11)6(9)4-8;1-2/h3-7H,1-2H3;5H,2-4H2,1H3,(H,10,11);1-2H3/b8-3-;;. The Morgan fingerprint density at radius 3 is 2.29 bits per heavy atom. The summed E-state index contributed by atoms with van der Waals surface area (Å²) in [6, 6.07) is 7.87. The van der Waals surface area contributed by atoms with Crippen molar-refractivity contribution in [2.75, 3.05) is 6.67 Å². The molecular weight excluding hydrogens is 331 g/mol. The highest BCUT2D eigenvalue weighted by atomic mass is 35.5. The summed E-state index contributed by atoms with van der Waals surface area (Å²) in [7, 11) is 0. The quantitative estimate of drug-likeness (QED) is 0.697. The van der Waals surface area contributed by atoms with Crippen LogP contribution in [0.25, 0.3) is 5.57 Å². The van der Waals surface area contributed by atoms with Crippen LogP contribution in [0.2, 0.25) is 5.02 Å². The number of halogens is 2. The van der Waals surface area contributed by atoms with E-state index in [2.05, 4.69) is 19.1 Å². The van der Waals surface area contributed by atoms with Gasteiger partial charge >= 0.3 is 5.97 Å².